The molecule has 9 heteroatoms. The van der Waals surface area contributed by atoms with E-state index in [0.29, 0.717) is 45.0 Å². The summed E-state index contributed by atoms with van der Waals surface area (Å²) >= 11 is 0. The van der Waals surface area contributed by atoms with Crippen LogP contribution in [0, 0.1) is 0 Å². The number of ether oxygens (including phenoxy) is 2. The van der Waals surface area contributed by atoms with Crippen LogP contribution in [0.3, 0.4) is 0 Å². The number of methoxy groups -OCH3 is 1. The van der Waals surface area contributed by atoms with E-state index in [0.717, 1.165) is 6.54 Å². The number of hydrogen-bond donors (Lipinski definition) is 1. The maximum atomic E-state index is 12.8. The van der Waals surface area contributed by atoms with Gasteiger partial charge in [0, 0.05) is 19.6 Å². The van der Waals surface area contributed by atoms with Crippen molar-refractivity contribution < 1.29 is 22.7 Å². The number of hydrogen-bond acceptors (Lipinski definition) is 6. The number of nitrogens with one attached hydrogen (secondary N) is 1. The number of benzene rings is 1. The molecule has 26 heavy (non-hydrogen) atoms. The van der Waals surface area contributed by atoms with Gasteiger partial charge in [-0.2, -0.15) is 0 Å². The second-order valence-corrected chi connectivity index (χ2v) is 8.09. The Morgan fingerprint density at radius 2 is 2.00 bits per heavy atom. The standard InChI is InChI=1S/C17H27N3O5S/c1-19(2)8-4-7-18-26(22,23)14-5-6-16(24-3)15(13-14)17(21)20-9-11-25-12-10-20/h5-6,13,18H,4,7-12H2,1-3H3. The quantitative estimate of drug-likeness (QED) is 0.652. The summed E-state index contributed by atoms with van der Waals surface area (Å²) in [7, 11) is 1.63. The molecule has 0 unspecified atom stereocenters. The predicted molar refractivity (Wildman–Crippen MR) is 98.1 cm³/mol. The molecule has 1 aromatic rings. The molecule has 1 N–H and O–H groups in total. The summed E-state index contributed by atoms with van der Waals surface area (Å²) in [6.07, 6.45) is 0.696. The Morgan fingerprint density at radius 1 is 1.31 bits per heavy atom. The van der Waals surface area contributed by atoms with Crippen LogP contribution in [0.1, 0.15) is 16.8 Å². The molecule has 0 atom stereocenters. The number of amides is 1. The minimum absolute atomic E-state index is 0.0553. The zero-order valence-electron chi connectivity index (χ0n) is 15.5. The van der Waals surface area contributed by atoms with Crippen LogP contribution >= 0.6 is 0 Å². The Morgan fingerprint density at radius 3 is 2.62 bits per heavy atom. The number of nitrogens with zero attached hydrogens (tertiary/aromatic N) is 2. The lowest BCUT2D eigenvalue weighted by atomic mass is 10.1. The average Bonchev–Trinajstić information content (AvgIpc) is 2.64. The van der Waals surface area contributed by atoms with E-state index in [1.165, 1.54) is 25.3 Å². The van der Waals surface area contributed by atoms with Gasteiger partial charge in [-0.05, 0) is 45.3 Å². The zero-order chi connectivity index (χ0) is 19.2. The van der Waals surface area contributed by atoms with E-state index >= 15 is 0 Å². The molecule has 2 rings (SSSR count). The first-order valence-corrected chi connectivity index (χ1v) is 10.0. The van der Waals surface area contributed by atoms with Crippen LogP contribution in [0.25, 0.3) is 0 Å². The van der Waals surface area contributed by atoms with Gasteiger partial charge in [0.05, 0.1) is 30.8 Å². The summed E-state index contributed by atoms with van der Waals surface area (Å²) in [5.41, 5.74) is 0.241. The summed E-state index contributed by atoms with van der Waals surface area (Å²) in [6, 6.07) is 4.34. The average molecular weight is 385 g/mol. The third-order valence-electron chi connectivity index (χ3n) is 4.08. The second kappa shape index (κ2) is 9.31. The van der Waals surface area contributed by atoms with Crippen LogP contribution in [-0.4, -0.2) is 84.7 Å². The predicted octanol–water partition coefficient (Wildman–Crippen LogP) is 0.398. The highest BCUT2D eigenvalue weighted by Crippen LogP contribution is 2.24. The summed E-state index contributed by atoms with van der Waals surface area (Å²) in [6.45, 7) is 3.01. The normalized spacial score (nSPS) is 15.3. The van der Waals surface area contributed by atoms with E-state index in [9.17, 15) is 13.2 Å². The number of sulfonamides is 1. The molecular weight excluding hydrogens is 358 g/mol. The zero-order valence-corrected chi connectivity index (χ0v) is 16.3. The van der Waals surface area contributed by atoms with Gasteiger partial charge in [0.25, 0.3) is 5.91 Å². The largest absolute Gasteiger partial charge is 0.496 e. The molecule has 1 saturated heterocycles. The van der Waals surface area contributed by atoms with E-state index < -0.39 is 10.0 Å². The fourth-order valence-corrected chi connectivity index (χ4v) is 3.74. The van der Waals surface area contributed by atoms with Crippen LogP contribution in [0.4, 0.5) is 0 Å². The Labute approximate surface area is 155 Å². The molecule has 1 aromatic carbocycles. The molecule has 0 saturated carbocycles. The molecule has 0 spiro atoms. The molecule has 0 bridgehead atoms. The molecule has 1 aliphatic heterocycles. The molecular formula is C17H27N3O5S. The van der Waals surface area contributed by atoms with Crippen molar-refractivity contribution in [2.24, 2.45) is 0 Å². The van der Waals surface area contributed by atoms with E-state index in [2.05, 4.69) is 4.72 Å². The summed E-state index contributed by atoms with van der Waals surface area (Å²) < 4.78 is 38.1. The van der Waals surface area contributed by atoms with Crippen molar-refractivity contribution in [3.05, 3.63) is 23.8 Å². The smallest absolute Gasteiger partial charge is 0.257 e. The minimum atomic E-state index is -3.69. The Bertz CT molecular complexity index is 715. The highest BCUT2D eigenvalue weighted by atomic mass is 32.2. The van der Waals surface area contributed by atoms with E-state index in [4.69, 9.17) is 9.47 Å². The monoisotopic (exact) mass is 385 g/mol. The second-order valence-electron chi connectivity index (χ2n) is 6.32. The Hall–Kier alpha value is -1.68. The van der Waals surface area contributed by atoms with Crippen molar-refractivity contribution in [1.82, 2.24) is 14.5 Å². The first-order chi connectivity index (χ1) is 12.3. The highest BCUT2D eigenvalue weighted by Gasteiger charge is 2.24. The topological polar surface area (TPSA) is 88.2 Å². The van der Waals surface area contributed by atoms with Crippen LogP contribution < -0.4 is 9.46 Å². The van der Waals surface area contributed by atoms with Crippen LogP contribution in [0.5, 0.6) is 5.75 Å². The van der Waals surface area contributed by atoms with E-state index in [1.54, 1.807) is 4.90 Å². The maximum Gasteiger partial charge on any atom is 0.257 e. The van der Waals surface area contributed by atoms with Crippen molar-refractivity contribution in [2.45, 2.75) is 11.3 Å². The molecule has 1 aliphatic rings. The first kappa shape index (κ1) is 20.6. The van der Waals surface area contributed by atoms with Gasteiger partial charge in [0.2, 0.25) is 10.0 Å². The number of carbonyl (C=O) groups excluding carboxylic acids is 1. The maximum absolute atomic E-state index is 12.8. The van der Waals surface area contributed by atoms with Gasteiger partial charge < -0.3 is 19.3 Å². The SMILES string of the molecule is COc1ccc(S(=O)(=O)NCCCN(C)C)cc1C(=O)N1CCOCC1. The van der Waals surface area contributed by atoms with Crippen molar-refractivity contribution in [3.63, 3.8) is 0 Å². The highest BCUT2D eigenvalue weighted by molar-refractivity contribution is 7.89. The minimum Gasteiger partial charge on any atom is -0.496 e. The number of carbonyl (C=O) groups is 1. The summed E-state index contributed by atoms with van der Waals surface area (Å²) in [5, 5.41) is 0. The van der Waals surface area contributed by atoms with Gasteiger partial charge in [0.1, 0.15) is 5.75 Å². The molecule has 0 radical (unpaired) electrons. The molecule has 1 fully saturated rings. The fourth-order valence-electron chi connectivity index (χ4n) is 2.64. The van der Waals surface area contributed by atoms with Gasteiger partial charge in [-0.25, -0.2) is 13.1 Å². The Balaban J connectivity index is 2.18. The van der Waals surface area contributed by atoms with Crippen LogP contribution in [0.2, 0.25) is 0 Å². The summed E-state index contributed by atoms with van der Waals surface area (Å²) in [5.74, 6) is 0.0999. The van der Waals surface area contributed by atoms with Crippen molar-refractivity contribution in [3.8, 4) is 5.75 Å². The van der Waals surface area contributed by atoms with E-state index in [1.807, 2.05) is 19.0 Å². The third kappa shape index (κ3) is 5.41. The Kier molecular flexibility index (Phi) is 7.39. The molecule has 146 valence electrons. The molecule has 1 amide bonds. The lowest BCUT2D eigenvalue weighted by Gasteiger charge is -2.27. The first-order valence-electron chi connectivity index (χ1n) is 8.54. The number of morpholine rings is 1. The van der Waals surface area contributed by atoms with E-state index in [-0.39, 0.29) is 16.4 Å². The van der Waals surface area contributed by atoms with Crippen molar-refractivity contribution >= 4 is 15.9 Å². The lowest BCUT2D eigenvalue weighted by Crippen LogP contribution is -2.40. The van der Waals surface area contributed by atoms with Crippen molar-refractivity contribution in [2.75, 3.05) is 60.6 Å². The molecule has 8 nitrogen and oxygen atoms in total. The van der Waals surface area contributed by atoms with Crippen LogP contribution in [0.15, 0.2) is 23.1 Å². The summed E-state index contributed by atoms with van der Waals surface area (Å²) in [4.78, 5) is 16.4. The fraction of sp³-hybridized carbons (Fsp3) is 0.588. The molecule has 0 aromatic heterocycles. The molecule has 1 heterocycles. The van der Waals surface area contributed by atoms with Gasteiger partial charge in [-0.3, -0.25) is 4.79 Å². The van der Waals surface area contributed by atoms with Gasteiger partial charge >= 0.3 is 0 Å². The van der Waals surface area contributed by atoms with Gasteiger partial charge in [-0.1, -0.05) is 0 Å². The number of rotatable bonds is 8. The van der Waals surface area contributed by atoms with Gasteiger partial charge in [0.15, 0.2) is 0 Å². The van der Waals surface area contributed by atoms with Crippen LogP contribution in [-0.2, 0) is 14.8 Å². The van der Waals surface area contributed by atoms with Crippen molar-refractivity contribution in [1.29, 1.82) is 0 Å². The third-order valence-corrected chi connectivity index (χ3v) is 5.54. The van der Waals surface area contributed by atoms with Gasteiger partial charge in [-0.15, -0.1) is 0 Å². The lowest BCUT2D eigenvalue weighted by molar-refractivity contribution is 0.0300. The molecule has 0 aliphatic carbocycles.